The molecule has 0 bridgehead atoms. The lowest BCUT2D eigenvalue weighted by Gasteiger charge is -2.30. The van der Waals surface area contributed by atoms with Crippen molar-refractivity contribution in [2.45, 2.75) is 30.3 Å². The number of hydrogen-bond acceptors (Lipinski definition) is 4. The number of carbonyl (C=O) groups is 1. The Morgan fingerprint density at radius 1 is 1.40 bits per heavy atom. The Balaban J connectivity index is 1.96. The van der Waals surface area contributed by atoms with Crippen LogP contribution in [0.2, 0.25) is 0 Å². The molecule has 15 heavy (non-hydrogen) atoms. The second-order valence-electron chi connectivity index (χ2n) is 4.07. The van der Waals surface area contributed by atoms with Crippen molar-refractivity contribution in [1.29, 1.82) is 0 Å². The van der Waals surface area contributed by atoms with Crippen molar-refractivity contribution < 1.29 is 9.53 Å². The molecule has 3 unspecified atom stereocenters. The smallest absolute Gasteiger partial charge is 0.152 e. The fourth-order valence-corrected chi connectivity index (χ4v) is 5.26. The highest BCUT2D eigenvalue weighted by atomic mass is 32.2. The van der Waals surface area contributed by atoms with Crippen LogP contribution in [0.25, 0.3) is 0 Å². The zero-order chi connectivity index (χ0) is 10.7. The quantitative estimate of drug-likeness (QED) is 0.763. The molecule has 86 valence electrons. The van der Waals surface area contributed by atoms with E-state index in [0.717, 1.165) is 25.2 Å². The number of ether oxygens (including phenoxy) is 1. The van der Waals surface area contributed by atoms with Crippen molar-refractivity contribution in [3.05, 3.63) is 0 Å². The summed E-state index contributed by atoms with van der Waals surface area (Å²) in [5.74, 6) is 2.98. The van der Waals surface area contributed by atoms with Crippen molar-refractivity contribution in [3.63, 3.8) is 0 Å². The molecule has 3 atom stereocenters. The summed E-state index contributed by atoms with van der Waals surface area (Å²) in [6.07, 6.45) is 2.05. The molecule has 0 aromatic carbocycles. The van der Waals surface area contributed by atoms with Gasteiger partial charge in [-0.2, -0.15) is 11.8 Å². The van der Waals surface area contributed by atoms with Crippen LogP contribution in [0.4, 0.5) is 0 Å². The summed E-state index contributed by atoms with van der Waals surface area (Å²) in [6.45, 7) is 3.63. The first-order valence-electron chi connectivity index (χ1n) is 5.67. The zero-order valence-electron chi connectivity index (χ0n) is 9.11. The van der Waals surface area contributed by atoms with Crippen molar-refractivity contribution in [3.8, 4) is 0 Å². The minimum absolute atomic E-state index is 0.190. The second kappa shape index (κ2) is 5.60. The fraction of sp³-hybridized carbons (Fsp3) is 0.909. The maximum atomic E-state index is 12.3. The molecule has 2 aliphatic heterocycles. The summed E-state index contributed by atoms with van der Waals surface area (Å²) in [5.41, 5.74) is 0. The van der Waals surface area contributed by atoms with Gasteiger partial charge < -0.3 is 4.74 Å². The molecule has 2 rings (SSSR count). The number of carbonyl (C=O) groups excluding carboxylic acids is 1. The normalized spacial score (nSPS) is 36.7. The van der Waals surface area contributed by atoms with Crippen LogP contribution >= 0.6 is 23.5 Å². The summed E-state index contributed by atoms with van der Waals surface area (Å²) in [6, 6.07) is 0. The van der Waals surface area contributed by atoms with Gasteiger partial charge in [-0.25, -0.2) is 0 Å². The Labute approximate surface area is 99.9 Å². The number of thioether (sulfide) groups is 2. The van der Waals surface area contributed by atoms with E-state index in [1.165, 1.54) is 5.75 Å². The summed E-state index contributed by atoms with van der Waals surface area (Å²) in [7, 11) is 0. The first-order chi connectivity index (χ1) is 7.33. The van der Waals surface area contributed by atoms with E-state index < -0.39 is 0 Å². The summed E-state index contributed by atoms with van der Waals surface area (Å²) in [5, 5.41) is 0.775. The van der Waals surface area contributed by atoms with Gasteiger partial charge in [0.05, 0.1) is 11.9 Å². The van der Waals surface area contributed by atoms with Gasteiger partial charge in [-0.15, -0.1) is 11.8 Å². The Bertz CT molecular complexity index is 227. The largest absolute Gasteiger partial charge is 0.381 e. The fourth-order valence-electron chi connectivity index (χ4n) is 2.16. The predicted octanol–water partition coefficient (Wildman–Crippen LogP) is 2.22. The van der Waals surface area contributed by atoms with Crippen molar-refractivity contribution in [1.82, 2.24) is 0 Å². The molecule has 0 radical (unpaired) electrons. The van der Waals surface area contributed by atoms with Gasteiger partial charge in [0.2, 0.25) is 0 Å². The molecule has 2 heterocycles. The van der Waals surface area contributed by atoms with Crippen LogP contribution in [0.1, 0.15) is 19.8 Å². The van der Waals surface area contributed by atoms with Crippen molar-refractivity contribution >= 4 is 29.3 Å². The summed E-state index contributed by atoms with van der Waals surface area (Å²) >= 11 is 3.84. The van der Waals surface area contributed by atoms with Gasteiger partial charge in [0, 0.05) is 29.3 Å². The third-order valence-corrected chi connectivity index (χ3v) is 6.33. The predicted molar refractivity (Wildman–Crippen MR) is 66.7 cm³/mol. The Morgan fingerprint density at radius 2 is 2.20 bits per heavy atom. The van der Waals surface area contributed by atoms with Gasteiger partial charge in [0.1, 0.15) is 0 Å². The molecule has 0 saturated carbocycles. The maximum Gasteiger partial charge on any atom is 0.152 e. The van der Waals surface area contributed by atoms with Gasteiger partial charge in [-0.3, -0.25) is 4.79 Å². The average molecular weight is 246 g/mol. The van der Waals surface area contributed by atoms with Crippen LogP contribution in [0.3, 0.4) is 0 Å². The number of ketones is 1. The molecule has 0 N–H and O–H groups in total. The molecule has 4 heteroatoms. The van der Waals surface area contributed by atoms with E-state index in [9.17, 15) is 4.79 Å². The molecule has 2 aliphatic rings. The van der Waals surface area contributed by atoms with E-state index in [1.54, 1.807) is 0 Å². The third-order valence-electron chi connectivity index (χ3n) is 3.07. The van der Waals surface area contributed by atoms with Crippen LogP contribution in [-0.4, -0.2) is 41.0 Å². The van der Waals surface area contributed by atoms with E-state index in [-0.39, 0.29) is 11.2 Å². The molecule has 2 nitrogen and oxygen atoms in total. The van der Waals surface area contributed by atoms with Crippen LogP contribution in [0.5, 0.6) is 0 Å². The number of Topliss-reactive ketones (excluding diaryl/α,β-unsaturated/α-hetero) is 1. The topological polar surface area (TPSA) is 26.3 Å². The van der Waals surface area contributed by atoms with E-state index in [0.29, 0.717) is 17.6 Å². The highest BCUT2D eigenvalue weighted by Crippen LogP contribution is 2.36. The first-order valence-corrected chi connectivity index (χ1v) is 7.77. The van der Waals surface area contributed by atoms with E-state index >= 15 is 0 Å². The van der Waals surface area contributed by atoms with Crippen molar-refractivity contribution in [2.24, 2.45) is 5.92 Å². The molecule has 2 saturated heterocycles. The number of hydrogen-bond donors (Lipinski definition) is 0. The molecule has 0 amide bonds. The third kappa shape index (κ3) is 2.71. The average Bonchev–Trinajstić information content (AvgIpc) is 2.81. The Hall–Kier alpha value is 0.330. The van der Waals surface area contributed by atoms with Gasteiger partial charge in [-0.05, 0) is 12.8 Å². The minimum Gasteiger partial charge on any atom is -0.381 e. The minimum atomic E-state index is 0.190. The van der Waals surface area contributed by atoms with E-state index in [1.807, 2.05) is 23.5 Å². The van der Waals surface area contributed by atoms with Gasteiger partial charge in [-0.1, -0.05) is 6.92 Å². The molecule has 2 fully saturated rings. The Morgan fingerprint density at radius 3 is 2.87 bits per heavy atom. The standard InChI is InChI=1S/C11H18O2S2/c1-2-9-11(15-6-5-14-9)10(12)8-3-4-13-7-8/h8-9,11H,2-7H2,1H3. The molecule has 0 aromatic rings. The second-order valence-corrected chi connectivity index (χ2v) is 6.67. The van der Waals surface area contributed by atoms with Crippen LogP contribution in [0, 0.1) is 5.92 Å². The Kier molecular flexibility index (Phi) is 4.40. The maximum absolute atomic E-state index is 12.3. The SMILES string of the molecule is CCC1SCCSC1C(=O)C1CCOC1. The van der Waals surface area contributed by atoms with Gasteiger partial charge >= 0.3 is 0 Å². The van der Waals surface area contributed by atoms with Crippen LogP contribution in [-0.2, 0) is 9.53 Å². The van der Waals surface area contributed by atoms with Gasteiger partial charge in [0.15, 0.2) is 5.78 Å². The van der Waals surface area contributed by atoms with Crippen LogP contribution < -0.4 is 0 Å². The van der Waals surface area contributed by atoms with E-state index in [4.69, 9.17) is 4.74 Å². The highest BCUT2D eigenvalue weighted by molar-refractivity contribution is 8.07. The monoisotopic (exact) mass is 246 g/mol. The first kappa shape index (κ1) is 11.8. The van der Waals surface area contributed by atoms with Crippen LogP contribution in [0.15, 0.2) is 0 Å². The highest BCUT2D eigenvalue weighted by Gasteiger charge is 2.36. The molecule has 0 aromatic heterocycles. The van der Waals surface area contributed by atoms with E-state index in [2.05, 4.69) is 6.92 Å². The summed E-state index contributed by atoms with van der Waals surface area (Å²) in [4.78, 5) is 12.3. The zero-order valence-corrected chi connectivity index (χ0v) is 10.7. The molecule has 0 aliphatic carbocycles. The lowest BCUT2D eigenvalue weighted by Crippen LogP contribution is -2.37. The molecular formula is C11H18O2S2. The van der Waals surface area contributed by atoms with Crippen molar-refractivity contribution in [2.75, 3.05) is 24.7 Å². The van der Waals surface area contributed by atoms with Gasteiger partial charge in [0.25, 0.3) is 0 Å². The molecular weight excluding hydrogens is 228 g/mol. The summed E-state index contributed by atoms with van der Waals surface area (Å²) < 4.78 is 5.30. The lowest BCUT2D eigenvalue weighted by molar-refractivity contribution is -0.122. The molecule has 0 spiro atoms. The number of rotatable bonds is 3. The lowest BCUT2D eigenvalue weighted by atomic mass is 9.98.